The molecule has 3 aromatic carbocycles. The van der Waals surface area contributed by atoms with Crippen LogP contribution in [0.3, 0.4) is 0 Å². The van der Waals surface area contributed by atoms with E-state index in [0.717, 1.165) is 16.7 Å². The maximum atomic E-state index is 12.8. The number of rotatable bonds is 6. The standard InChI is InChI=1S/C25H26N2O4/c1-15-14-16(2)23(27-25(29)19-8-12-21(31-5)13-9-19)17(3)22(15)26-24(28)18-6-10-20(30-4)11-7-18/h6-14H,1-5H3,(H,26,28)(H,27,29). The average molecular weight is 418 g/mol. The van der Waals surface area contributed by atoms with Crippen molar-refractivity contribution in [2.24, 2.45) is 0 Å². The first-order valence-electron chi connectivity index (χ1n) is 9.85. The smallest absolute Gasteiger partial charge is 0.255 e. The van der Waals surface area contributed by atoms with Gasteiger partial charge in [-0.05, 0) is 86.0 Å². The van der Waals surface area contributed by atoms with Gasteiger partial charge in [-0.25, -0.2) is 0 Å². The van der Waals surface area contributed by atoms with Crippen LogP contribution in [0.4, 0.5) is 11.4 Å². The lowest BCUT2D eigenvalue weighted by atomic mass is 10.0. The van der Waals surface area contributed by atoms with Crippen LogP contribution in [0.25, 0.3) is 0 Å². The van der Waals surface area contributed by atoms with E-state index < -0.39 is 0 Å². The number of hydrogen-bond donors (Lipinski definition) is 2. The van der Waals surface area contributed by atoms with Gasteiger partial charge in [0.05, 0.1) is 14.2 Å². The number of ether oxygens (including phenoxy) is 2. The first-order chi connectivity index (χ1) is 14.8. The fourth-order valence-corrected chi connectivity index (χ4v) is 3.43. The molecule has 0 spiro atoms. The highest BCUT2D eigenvalue weighted by atomic mass is 16.5. The molecule has 0 unspecified atom stereocenters. The number of anilines is 2. The molecule has 0 saturated heterocycles. The zero-order valence-electron chi connectivity index (χ0n) is 18.3. The molecular weight excluding hydrogens is 392 g/mol. The summed E-state index contributed by atoms with van der Waals surface area (Å²) in [5.74, 6) is 0.904. The Bertz CT molecular complexity index is 1020. The Morgan fingerprint density at radius 1 is 0.645 bits per heavy atom. The first-order valence-corrected chi connectivity index (χ1v) is 9.85. The Hall–Kier alpha value is -3.80. The van der Waals surface area contributed by atoms with Gasteiger partial charge in [0.1, 0.15) is 11.5 Å². The average Bonchev–Trinajstić information content (AvgIpc) is 2.79. The maximum Gasteiger partial charge on any atom is 0.255 e. The number of hydrogen-bond acceptors (Lipinski definition) is 4. The van der Waals surface area contributed by atoms with E-state index in [1.165, 1.54) is 0 Å². The molecule has 31 heavy (non-hydrogen) atoms. The number of carbonyl (C=O) groups excluding carboxylic acids is 2. The molecule has 0 aliphatic heterocycles. The zero-order valence-corrected chi connectivity index (χ0v) is 18.3. The molecule has 6 heteroatoms. The van der Waals surface area contributed by atoms with Gasteiger partial charge < -0.3 is 20.1 Å². The SMILES string of the molecule is COc1ccc(C(=O)Nc2c(C)cc(C)c(NC(=O)c3ccc(OC)cc3)c2C)cc1. The van der Waals surface area contributed by atoms with Crippen molar-refractivity contribution < 1.29 is 19.1 Å². The molecule has 6 nitrogen and oxygen atoms in total. The maximum absolute atomic E-state index is 12.8. The van der Waals surface area contributed by atoms with Crippen LogP contribution in [0.5, 0.6) is 11.5 Å². The Kier molecular flexibility index (Phi) is 6.60. The predicted molar refractivity (Wildman–Crippen MR) is 123 cm³/mol. The van der Waals surface area contributed by atoms with Crippen molar-refractivity contribution in [2.75, 3.05) is 24.9 Å². The van der Waals surface area contributed by atoms with Gasteiger partial charge in [0.25, 0.3) is 11.8 Å². The second-order valence-corrected chi connectivity index (χ2v) is 7.25. The van der Waals surface area contributed by atoms with Crippen molar-refractivity contribution >= 4 is 23.2 Å². The predicted octanol–water partition coefficient (Wildman–Crippen LogP) is 5.13. The molecule has 2 amide bonds. The molecule has 0 heterocycles. The van der Waals surface area contributed by atoms with Gasteiger partial charge in [-0.2, -0.15) is 0 Å². The van der Waals surface area contributed by atoms with E-state index in [0.29, 0.717) is 34.0 Å². The van der Waals surface area contributed by atoms with E-state index in [1.807, 2.05) is 26.8 Å². The molecule has 3 rings (SSSR count). The van der Waals surface area contributed by atoms with Crippen LogP contribution in [0.15, 0.2) is 54.6 Å². The quantitative estimate of drug-likeness (QED) is 0.582. The molecule has 0 aromatic heterocycles. The Morgan fingerprint density at radius 3 is 1.32 bits per heavy atom. The minimum atomic E-state index is -0.231. The van der Waals surface area contributed by atoms with Gasteiger partial charge in [0.15, 0.2) is 0 Å². The van der Waals surface area contributed by atoms with Gasteiger partial charge >= 0.3 is 0 Å². The highest BCUT2D eigenvalue weighted by Crippen LogP contribution is 2.32. The zero-order chi connectivity index (χ0) is 22.5. The first kappa shape index (κ1) is 21.9. The third-order valence-corrected chi connectivity index (χ3v) is 5.15. The Morgan fingerprint density at radius 2 is 1.00 bits per heavy atom. The van der Waals surface area contributed by atoms with E-state index in [-0.39, 0.29) is 11.8 Å². The summed E-state index contributed by atoms with van der Waals surface area (Å²) in [4.78, 5) is 25.5. The third-order valence-electron chi connectivity index (χ3n) is 5.15. The molecule has 160 valence electrons. The van der Waals surface area contributed by atoms with Crippen LogP contribution in [0.2, 0.25) is 0 Å². The highest BCUT2D eigenvalue weighted by Gasteiger charge is 2.17. The monoisotopic (exact) mass is 418 g/mol. The van der Waals surface area contributed by atoms with Crippen molar-refractivity contribution in [3.63, 3.8) is 0 Å². The summed E-state index contributed by atoms with van der Waals surface area (Å²) in [5, 5.41) is 5.96. The summed E-state index contributed by atoms with van der Waals surface area (Å²) in [7, 11) is 3.16. The summed E-state index contributed by atoms with van der Waals surface area (Å²) in [6.45, 7) is 5.74. The summed E-state index contributed by atoms with van der Waals surface area (Å²) < 4.78 is 10.3. The number of methoxy groups -OCH3 is 2. The van der Waals surface area contributed by atoms with Crippen molar-refractivity contribution in [3.8, 4) is 11.5 Å². The van der Waals surface area contributed by atoms with Crippen LogP contribution >= 0.6 is 0 Å². The van der Waals surface area contributed by atoms with Gasteiger partial charge in [0.2, 0.25) is 0 Å². The Balaban J connectivity index is 1.86. The van der Waals surface area contributed by atoms with Gasteiger partial charge in [0, 0.05) is 22.5 Å². The van der Waals surface area contributed by atoms with Crippen molar-refractivity contribution in [1.82, 2.24) is 0 Å². The molecule has 0 bridgehead atoms. The molecule has 2 N–H and O–H groups in total. The molecule has 3 aromatic rings. The van der Waals surface area contributed by atoms with E-state index in [1.54, 1.807) is 62.8 Å². The van der Waals surface area contributed by atoms with Crippen LogP contribution < -0.4 is 20.1 Å². The lowest BCUT2D eigenvalue weighted by Gasteiger charge is -2.19. The second kappa shape index (κ2) is 9.34. The van der Waals surface area contributed by atoms with Crippen LogP contribution in [0.1, 0.15) is 37.4 Å². The van der Waals surface area contributed by atoms with Crippen LogP contribution in [-0.2, 0) is 0 Å². The second-order valence-electron chi connectivity index (χ2n) is 7.25. The summed E-state index contributed by atoms with van der Waals surface area (Å²) in [5.41, 5.74) is 5.01. The fourth-order valence-electron chi connectivity index (χ4n) is 3.43. The van der Waals surface area contributed by atoms with Crippen molar-refractivity contribution in [3.05, 3.63) is 82.4 Å². The van der Waals surface area contributed by atoms with Crippen LogP contribution in [0, 0.1) is 20.8 Å². The van der Waals surface area contributed by atoms with Gasteiger partial charge in [-0.1, -0.05) is 6.07 Å². The van der Waals surface area contributed by atoms with Gasteiger partial charge in [-0.3, -0.25) is 9.59 Å². The number of aryl methyl sites for hydroxylation is 2. The summed E-state index contributed by atoms with van der Waals surface area (Å²) in [6.07, 6.45) is 0. The molecular formula is C25H26N2O4. The molecule has 0 fully saturated rings. The number of carbonyl (C=O) groups is 2. The number of benzene rings is 3. The minimum Gasteiger partial charge on any atom is -0.497 e. The molecule has 0 aliphatic carbocycles. The van der Waals surface area contributed by atoms with Crippen molar-refractivity contribution in [2.45, 2.75) is 20.8 Å². The van der Waals surface area contributed by atoms with Crippen LogP contribution in [-0.4, -0.2) is 26.0 Å². The van der Waals surface area contributed by atoms with E-state index >= 15 is 0 Å². The van der Waals surface area contributed by atoms with E-state index in [2.05, 4.69) is 10.6 Å². The fraction of sp³-hybridized carbons (Fsp3) is 0.200. The minimum absolute atomic E-state index is 0.231. The normalized spacial score (nSPS) is 10.4. The van der Waals surface area contributed by atoms with E-state index in [9.17, 15) is 9.59 Å². The van der Waals surface area contributed by atoms with Crippen molar-refractivity contribution in [1.29, 1.82) is 0 Å². The number of nitrogens with one attached hydrogen (secondary N) is 2. The lowest BCUT2D eigenvalue weighted by Crippen LogP contribution is -2.17. The Labute approximate surface area is 182 Å². The molecule has 0 atom stereocenters. The molecule has 0 aliphatic rings. The molecule has 0 saturated carbocycles. The summed E-state index contributed by atoms with van der Waals surface area (Å²) >= 11 is 0. The lowest BCUT2D eigenvalue weighted by molar-refractivity contribution is 0.101. The largest absolute Gasteiger partial charge is 0.497 e. The topological polar surface area (TPSA) is 76.7 Å². The van der Waals surface area contributed by atoms with Gasteiger partial charge in [-0.15, -0.1) is 0 Å². The summed E-state index contributed by atoms with van der Waals surface area (Å²) in [6, 6.07) is 15.7. The third kappa shape index (κ3) is 4.86. The number of amides is 2. The molecule has 0 radical (unpaired) electrons. The highest BCUT2D eigenvalue weighted by molar-refractivity contribution is 6.08. The van der Waals surface area contributed by atoms with E-state index in [4.69, 9.17) is 9.47 Å².